The summed E-state index contributed by atoms with van der Waals surface area (Å²) < 4.78 is 0. The molecule has 0 unspecified atom stereocenters. The molecule has 0 saturated heterocycles. The molecule has 0 heterocycles. The van der Waals surface area contributed by atoms with Crippen LogP contribution < -0.4 is 0 Å². The van der Waals surface area contributed by atoms with Crippen molar-refractivity contribution in [1.82, 2.24) is 0 Å². The lowest BCUT2D eigenvalue weighted by Gasteiger charge is -1.90. The van der Waals surface area contributed by atoms with Crippen LogP contribution in [-0.4, -0.2) is 23.1 Å². The normalized spacial score (nSPS) is 8.00. The Balaban J connectivity index is -0.0000000800. The third-order valence-corrected chi connectivity index (χ3v) is 0.577. The fraction of sp³-hybridized carbons (Fsp3) is 0.800. The van der Waals surface area contributed by atoms with E-state index in [0.717, 1.165) is 12.3 Å². The number of hydrogen-bond acceptors (Lipinski definition) is 0. The van der Waals surface area contributed by atoms with Crippen molar-refractivity contribution < 1.29 is 1.43 Å². The molecule has 0 aliphatic carbocycles. The highest BCUT2D eigenvalue weighted by Gasteiger charge is 1.80. The van der Waals surface area contributed by atoms with Gasteiger partial charge in [-0.05, 0) is 5.92 Å². The molecule has 3 radical (unpaired) electrons. The molecule has 35 valence electrons. The molecule has 0 nitrogen and oxygen atoms in total. The van der Waals surface area contributed by atoms with Crippen LogP contribution in [0.4, 0.5) is 0 Å². The maximum absolute atomic E-state index is 3.69. The Morgan fingerprint density at radius 2 is 1.83 bits per heavy atom. The van der Waals surface area contributed by atoms with Crippen molar-refractivity contribution in [3.8, 4) is 0 Å². The molecule has 0 aromatic rings. The smallest absolute Gasteiger partial charge is 0 e. The van der Waals surface area contributed by atoms with E-state index in [1.165, 1.54) is 0 Å². The summed E-state index contributed by atoms with van der Waals surface area (Å²) in [4.78, 5) is 0. The second kappa shape index (κ2) is 5.77. The number of hydrogen-bond donors (Lipinski definition) is 0. The first kappa shape index (κ1) is 9.90. The first-order valence-corrected chi connectivity index (χ1v) is 2.06. The summed E-state index contributed by atoms with van der Waals surface area (Å²) in [5.41, 5.74) is 0. The van der Waals surface area contributed by atoms with Crippen LogP contribution >= 0.6 is 0 Å². The van der Waals surface area contributed by atoms with Crippen LogP contribution in [0.15, 0.2) is 0 Å². The molecule has 6 heavy (non-hydrogen) atoms. The van der Waals surface area contributed by atoms with Gasteiger partial charge in [-0.2, -0.15) is 0 Å². The van der Waals surface area contributed by atoms with Gasteiger partial charge in [-0.15, -0.1) is 0 Å². The van der Waals surface area contributed by atoms with Crippen molar-refractivity contribution in [2.75, 3.05) is 0 Å². The van der Waals surface area contributed by atoms with Crippen LogP contribution in [-0.2, 0) is 0 Å². The molecule has 0 saturated carbocycles. The van der Waals surface area contributed by atoms with Gasteiger partial charge in [-0.25, -0.2) is 0 Å². The maximum atomic E-state index is 3.69. The third-order valence-electron chi connectivity index (χ3n) is 0.577. The molecule has 1 heteroatoms. The summed E-state index contributed by atoms with van der Waals surface area (Å²) >= 11 is 0. The van der Waals surface area contributed by atoms with Crippen LogP contribution in [0, 0.1) is 12.8 Å². The van der Waals surface area contributed by atoms with Crippen molar-refractivity contribution in [3.05, 3.63) is 6.92 Å². The van der Waals surface area contributed by atoms with Crippen molar-refractivity contribution in [2.45, 2.75) is 20.3 Å². The summed E-state index contributed by atoms with van der Waals surface area (Å²) in [6, 6.07) is 0. The Morgan fingerprint density at radius 3 is 1.83 bits per heavy atom. The van der Waals surface area contributed by atoms with Gasteiger partial charge in [0.15, 0.2) is 0 Å². The highest BCUT2D eigenvalue weighted by Crippen LogP contribution is 1.93. The molecule has 0 N–H and O–H groups in total. The Bertz CT molecular complexity index is 22.0. The van der Waals surface area contributed by atoms with Crippen LogP contribution in [0.5, 0.6) is 0 Å². The van der Waals surface area contributed by atoms with Gasteiger partial charge in [0, 0.05) is 24.5 Å². The van der Waals surface area contributed by atoms with E-state index >= 15 is 0 Å². The van der Waals surface area contributed by atoms with Gasteiger partial charge in [0.2, 0.25) is 0 Å². The van der Waals surface area contributed by atoms with E-state index in [0.29, 0.717) is 0 Å². The molecule has 0 amide bonds. The summed E-state index contributed by atoms with van der Waals surface area (Å²) in [5, 5.41) is 0. The molecule has 0 fully saturated rings. The molecule has 0 aromatic carbocycles. The minimum absolute atomic E-state index is 0. The first-order valence-electron chi connectivity index (χ1n) is 2.06. The standard InChI is InChI=1S/C5H11.Mg.H2/c1-4-5(2)3;;/h5H,1,4H2,2-3H3;;1H. The van der Waals surface area contributed by atoms with Crippen LogP contribution in [0.25, 0.3) is 0 Å². The minimum Gasteiger partial charge on any atom is -0.0628 e. The zero-order valence-corrected chi connectivity index (χ0v) is 6.11. The fourth-order valence-electron chi connectivity index (χ4n) is 0. The summed E-state index contributed by atoms with van der Waals surface area (Å²) in [6.07, 6.45) is 1.06. The van der Waals surface area contributed by atoms with Gasteiger partial charge in [0.05, 0.1) is 0 Å². The minimum atomic E-state index is 0. The summed E-state index contributed by atoms with van der Waals surface area (Å²) in [5.74, 6) is 0.773. The zero-order valence-electron chi connectivity index (χ0n) is 4.70. The Kier molecular flexibility index (Phi) is 9.52. The van der Waals surface area contributed by atoms with Crippen LogP contribution in [0.1, 0.15) is 21.7 Å². The van der Waals surface area contributed by atoms with Crippen molar-refractivity contribution in [3.63, 3.8) is 0 Å². The van der Waals surface area contributed by atoms with Crippen molar-refractivity contribution >= 4 is 23.1 Å². The first-order chi connectivity index (χ1) is 2.27. The van der Waals surface area contributed by atoms with E-state index in [-0.39, 0.29) is 24.5 Å². The third kappa shape index (κ3) is 8.84. The molecule has 0 bridgehead atoms. The lowest BCUT2D eigenvalue weighted by Crippen LogP contribution is -1.77. The maximum Gasteiger partial charge on any atom is 0 e. The lowest BCUT2D eigenvalue weighted by atomic mass is 10.2. The zero-order chi connectivity index (χ0) is 4.28. The lowest BCUT2D eigenvalue weighted by molar-refractivity contribution is 0.661. The van der Waals surface area contributed by atoms with Gasteiger partial charge in [0.25, 0.3) is 0 Å². The van der Waals surface area contributed by atoms with Gasteiger partial charge in [-0.1, -0.05) is 27.2 Å². The molecule has 0 aliphatic heterocycles. The second-order valence-electron chi connectivity index (χ2n) is 1.68. The molecule has 0 atom stereocenters. The highest BCUT2D eigenvalue weighted by atomic mass is 24.3. The van der Waals surface area contributed by atoms with E-state index in [9.17, 15) is 0 Å². The Labute approximate surface area is 58.0 Å². The van der Waals surface area contributed by atoms with Crippen molar-refractivity contribution in [2.24, 2.45) is 5.92 Å². The highest BCUT2D eigenvalue weighted by molar-refractivity contribution is 5.75. The van der Waals surface area contributed by atoms with Gasteiger partial charge >= 0.3 is 0 Å². The average molecular weight is 97.5 g/mol. The molecular formula is C5H13Mg. The predicted molar refractivity (Wildman–Crippen MR) is 32.7 cm³/mol. The summed E-state index contributed by atoms with van der Waals surface area (Å²) in [6.45, 7) is 8.00. The van der Waals surface area contributed by atoms with E-state index in [2.05, 4.69) is 20.8 Å². The van der Waals surface area contributed by atoms with Crippen molar-refractivity contribution in [1.29, 1.82) is 0 Å². The van der Waals surface area contributed by atoms with E-state index in [1.807, 2.05) is 0 Å². The molecule has 0 spiro atoms. The van der Waals surface area contributed by atoms with Crippen LogP contribution in [0.2, 0.25) is 0 Å². The largest absolute Gasteiger partial charge is 0.0628 e. The van der Waals surface area contributed by atoms with E-state index in [1.54, 1.807) is 0 Å². The van der Waals surface area contributed by atoms with Gasteiger partial charge < -0.3 is 0 Å². The topological polar surface area (TPSA) is 0 Å². The van der Waals surface area contributed by atoms with Gasteiger partial charge in [0.1, 0.15) is 0 Å². The molecule has 0 aromatic heterocycles. The summed E-state index contributed by atoms with van der Waals surface area (Å²) in [7, 11) is 0. The molecular weight excluding hydrogens is 84.4 g/mol. The monoisotopic (exact) mass is 97.1 g/mol. The predicted octanol–water partition coefficient (Wildman–Crippen LogP) is 1.73. The van der Waals surface area contributed by atoms with Crippen LogP contribution in [0.3, 0.4) is 0 Å². The van der Waals surface area contributed by atoms with Gasteiger partial charge in [-0.3, -0.25) is 0 Å². The SMILES string of the molecule is [CH2]CC(C)C.[HH].[Mg]. The van der Waals surface area contributed by atoms with E-state index < -0.39 is 0 Å². The second-order valence-corrected chi connectivity index (χ2v) is 1.68. The average Bonchev–Trinajstić information content (AvgIpc) is 1.38. The molecule has 0 rings (SSSR count). The quantitative estimate of drug-likeness (QED) is 0.437. The number of rotatable bonds is 1. The Hall–Kier alpha value is 0.766. The fourth-order valence-corrected chi connectivity index (χ4v) is 0. The Morgan fingerprint density at radius 1 is 1.67 bits per heavy atom. The van der Waals surface area contributed by atoms with E-state index in [4.69, 9.17) is 0 Å². The molecule has 0 aliphatic rings.